The molecule has 0 spiro atoms. The number of para-hydroxylation sites is 1. The van der Waals surface area contributed by atoms with E-state index in [1.807, 2.05) is 6.07 Å². The SMILES string of the molecule is Cl.O=C(NCC1CCN(c2ccccc2)C1)C1CNC1. The molecule has 2 saturated heterocycles. The van der Waals surface area contributed by atoms with Crippen LogP contribution in [0.25, 0.3) is 0 Å². The third kappa shape index (κ3) is 3.44. The maximum Gasteiger partial charge on any atom is 0.225 e. The highest BCUT2D eigenvalue weighted by Crippen LogP contribution is 2.23. The summed E-state index contributed by atoms with van der Waals surface area (Å²) >= 11 is 0. The molecule has 2 aliphatic rings. The van der Waals surface area contributed by atoms with Gasteiger partial charge < -0.3 is 15.5 Å². The molecule has 1 atom stereocenters. The minimum atomic E-state index is 0. The predicted molar refractivity (Wildman–Crippen MR) is 83.4 cm³/mol. The fourth-order valence-corrected chi connectivity index (χ4v) is 2.74. The third-order valence-electron chi connectivity index (χ3n) is 4.12. The van der Waals surface area contributed by atoms with Crippen LogP contribution in [-0.2, 0) is 4.79 Å². The lowest BCUT2D eigenvalue weighted by Crippen LogP contribution is -2.51. The zero-order valence-electron chi connectivity index (χ0n) is 11.5. The molecule has 1 aromatic rings. The van der Waals surface area contributed by atoms with Gasteiger partial charge in [-0.25, -0.2) is 0 Å². The molecule has 0 bridgehead atoms. The molecular formula is C15H22ClN3O. The van der Waals surface area contributed by atoms with Crippen LogP contribution in [0.2, 0.25) is 0 Å². The fourth-order valence-electron chi connectivity index (χ4n) is 2.74. The van der Waals surface area contributed by atoms with E-state index in [0.717, 1.165) is 39.1 Å². The van der Waals surface area contributed by atoms with Gasteiger partial charge in [-0.1, -0.05) is 18.2 Å². The number of amides is 1. The Bertz CT molecular complexity index is 436. The summed E-state index contributed by atoms with van der Waals surface area (Å²) in [4.78, 5) is 14.2. The molecule has 0 aromatic heterocycles. The van der Waals surface area contributed by atoms with E-state index >= 15 is 0 Å². The van der Waals surface area contributed by atoms with Crippen molar-refractivity contribution in [2.45, 2.75) is 6.42 Å². The van der Waals surface area contributed by atoms with Crippen molar-refractivity contribution in [2.24, 2.45) is 11.8 Å². The topological polar surface area (TPSA) is 44.4 Å². The summed E-state index contributed by atoms with van der Waals surface area (Å²) in [6, 6.07) is 10.5. The second-order valence-corrected chi connectivity index (χ2v) is 5.54. The van der Waals surface area contributed by atoms with E-state index in [4.69, 9.17) is 0 Å². The number of benzene rings is 1. The average molecular weight is 296 g/mol. The molecule has 1 unspecified atom stereocenters. The van der Waals surface area contributed by atoms with E-state index in [1.54, 1.807) is 0 Å². The normalized spacial score (nSPS) is 22.0. The van der Waals surface area contributed by atoms with Crippen molar-refractivity contribution in [3.05, 3.63) is 30.3 Å². The summed E-state index contributed by atoms with van der Waals surface area (Å²) in [6.07, 6.45) is 1.16. The molecule has 5 heteroatoms. The van der Waals surface area contributed by atoms with Gasteiger partial charge in [0.25, 0.3) is 0 Å². The molecular weight excluding hydrogens is 274 g/mol. The van der Waals surface area contributed by atoms with Crippen LogP contribution in [0.1, 0.15) is 6.42 Å². The Kier molecular flexibility index (Phi) is 5.26. The number of hydrogen-bond donors (Lipinski definition) is 2. The number of carbonyl (C=O) groups excluding carboxylic acids is 1. The van der Waals surface area contributed by atoms with Gasteiger partial charge in [0.1, 0.15) is 0 Å². The molecule has 2 heterocycles. The maximum absolute atomic E-state index is 11.8. The van der Waals surface area contributed by atoms with Crippen LogP contribution in [-0.4, -0.2) is 38.6 Å². The Labute approximate surface area is 126 Å². The first-order valence-electron chi connectivity index (χ1n) is 7.11. The molecule has 1 aromatic carbocycles. The number of halogens is 1. The molecule has 3 rings (SSSR count). The highest BCUT2D eigenvalue weighted by Gasteiger charge is 2.27. The Hall–Kier alpha value is -1.26. The Morgan fingerprint density at radius 2 is 2.05 bits per heavy atom. The first kappa shape index (κ1) is 15.1. The largest absolute Gasteiger partial charge is 0.371 e. The van der Waals surface area contributed by atoms with Gasteiger partial charge >= 0.3 is 0 Å². The minimum Gasteiger partial charge on any atom is -0.371 e. The zero-order valence-corrected chi connectivity index (χ0v) is 12.4. The quantitative estimate of drug-likeness (QED) is 0.879. The summed E-state index contributed by atoms with van der Waals surface area (Å²) in [6.45, 7) is 4.64. The monoisotopic (exact) mass is 295 g/mol. The van der Waals surface area contributed by atoms with Crippen LogP contribution < -0.4 is 15.5 Å². The molecule has 0 saturated carbocycles. The Balaban J connectivity index is 0.00000147. The zero-order chi connectivity index (χ0) is 13.1. The second kappa shape index (κ2) is 6.95. The van der Waals surface area contributed by atoms with Gasteiger partial charge in [0.2, 0.25) is 5.91 Å². The summed E-state index contributed by atoms with van der Waals surface area (Å²) in [7, 11) is 0. The van der Waals surface area contributed by atoms with E-state index in [0.29, 0.717) is 5.92 Å². The smallest absolute Gasteiger partial charge is 0.225 e. The van der Waals surface area contributed by atoms with E-state index < -0.39 is 0 Å². The van der Waals surface area contributed by atoms with Gasteiger partial charge in [0.15, 0.2) is 0 Å². The lowest BCUT2D eigenvalue weighted by atomic mass is 10.0. The Morgan fingerprint density at radius 1 is 1.30 bits per heavy atom. The first-order valence-corrected chi connectivity index (χ1v) is 7.11. The van der Waals surface area contributed by atoms with E-state index in [2.05, 4.69) is 39.8 Å². The van der Waals surface area contributed by atoms with Crippen molar-refractivity contribution in [3.8, 4) is 0 Å². The molecule has 110 valence electrons. The van der Waals surface area contributed by atoms with Crippen LogP contribution >= 0.6 is 12.4 Å². The van der Waals surface area contributed by atoms with Gasteiger partial charge in [-0.15, -0.1) is 12.4 Å². The van der Waals surface area contributed by atoms with Crippen molar-refractivity contribution in [1.29, 1.82) is 0 Å². The summed E-state index contributed by atoms with van der Waals surface area (Å²) in [5.74, 6) is 1.00. The molecule has 2 fully saturated rings. The van der Waals surface area contributed by atoms with Crippen molar-refractivity contribution in [1.82, 2.24) is 10.6 Å². The first-order chi connectivity index (χ1) is 9.33. The standard InChI is InChI=1S/C15H21N3O.ClH/c19-15(13-9-16-10-13)17-8-12-6-7-18(11-12)14-4-2-1-3-5-14;/h1-5,12-13,16H,6-11H2,(H,17,19);1H. The average Bonchev–Trinajstić information content (AvgIpc) is 2.84. The molecule has 20 heavy (non-hydrogen) atoms. The van der Waals surface area contributed by atoms with E-state index in [-0.39, 0.29) is 24.2 Å². The second-order valence-electron chi connectivity index (χ2n) is 5.54. The predicted octanol–water partition coefficient (Wildman–Crippen LogP) is 1.27. The highest BCUT2D eigenvalue weighted by molar-refractivity contribution is 5.85. The number of rotatable bonds is 4. The van der Waals surface area contributed by atoms with Crippen LogP contribution in [0, 0.1) is 11.8 Å². The van der Waals surface area contributed by atoms with Crippen molar-refractivity contribution < 1.29 is 4.79 Å². The number of carbonyl (C=O) groups is 1. The van der Waals surface area contributed by atoms with Gasteiger partial charge in [0, 0.05) is 38.4 Å². The van der Waals surface area contributed by atoms with E-state index in [9.17, 15) is 4.79 Å². The number of nitrogens with one attached hydrogen (secondary N) is 2. The van der Waals surface area contributed by atoms with Crippen LogP contribution in [0.15, 0.2) is 30.3 Å². The molecule has 2 aliphatic heterocycles. The molecule has 2 N–H and O–H groups in total. The lowest BCUT2D eigenvalue weighted by Gasteiger charge is -2.26. The third-order valence-corrected chi connectivity index (χ3v) is 4.12. The molecule has 0 radical (unpaired) electrons. The summed E-state index contributed by atoms with van der Waals surface area (Å²) in [5, 5.41) is 6.22. The Morgan fingerprint density at radius 3 is 2.70 bits per heavy atom. The van der Waals surface area contributed by atoms with E-state index in [1.165, 1.54) is 5.69 Å². The van der Waals surface area contributed by atoms with Crippen molar-refractivity contribution in [2.75, 3.05) is 37.6 Å². The van der Waals surface area contributed by atoms with Crippen LogP contribution in [0.3, 0.4) is 0 Å². The summed E-state index contributed by atoms with van der Waals surface area (Å²) < 4.78 is 0. The van der Waals surface area contributed by atoms with Crippen LogP contribution in [0.5, 0.6) is 0 Å². The minimum absolute atomic E-state index is 0. The van der Waals surface area contributed by atoms with Gasteiger partial charge in [-0.2, -0.15) is 0 Å². The number of anilines is 1. The number of nitrogens with zero attached hydrogens (tertiary/aromatic N) is 1. The maximum atomic E-state index is 11.8. The van der Waals surface area contributed by atoms with Crippen LogP contribution in [0.4, 0.5) is 5.69 Å². The van der Waals surface area contributed by atoms with Gasteiger partial charge in [0.05, 0.1) is 5.92 Å². The van der Waals surface area contributed by atoms with Crippen molar-refractivity contribution in [3.63, 3.8) is 0 Å². The van der Waals surface area contributed by atoms with Crippen molar-refractivity contribution >= 4 is 24.0 Å². The van der Waals surface area contributed by atoms with Gasteiger partial charge in [-0.3, -0.25) is 4.79 Å². The highest BCUT2D eigenvalue weighted by atomic mass is 35.5. The molecule has 4 nitrogen and oxygen atoms in total. The molecule has 0 aliphatic carbocycles. The lowest BCUT2D eigenvalue weighted by molar-refractivity contribution is -0.126. The number of hydrogen-bond acceptors (Lipinski definition) is 3. The fraction of sp³-hybridized carbons (Fsp3) is 0.533. The molecule has 1 amide bonds. The summed E-state index contributed by atoms with van der Waals surface area (Å²) in [5.41, 5.74) is 1.29. The van der Waals surface area contributed by atoms with Gasteiger partial charge in [-0.05, 0) is 24.5 Å².